The third-order valence-electron chi connectivity index (χ3n) is 2.56. The van der Waals surface area contributed by atoms with Gasteiger partial charge >= 0.3 is 5.97 Å². The van der Waals surface area contributed by atoms with Gasteiger partial charge in [0.05, 0.1) is 6.33 Å². The summed E-state index contributed by atoms with van der Waals surface area (Å²) < 4.78 is 1.74. The van der Waals surface area contributed by atoms with E-state index in [-0.39, 0.29) is 5.69 Å². The largest absolute Gasteiger partial charge is 0.476 e. The van der Waals surface area contributed by atoms with Crippen LogP contribution in [0.5, 0.6) is 0 Å². The van der Waals surface area contributed by atoms with Crippen molar-refractivity contribution in [3.8, 4) is 0 Å². The molecule has 0 bridgehead atoms. The lowest BCUT2D eigenvalue weighted by Crippen LogP contribution is -2.10. The van der Waals surface area contributed by atoms with Gasteiger partial charge < -0.3 is 15.0 Å². The molecule has 0 aliphatic rings. The summed E-state index contributed by atoms with van der Waals surface area (Å²) in [6.45, 7) is 3.33. The molecule has 0 saturated carbocycles. The van der Waals surface area contributed by atoms with Crippen molar-refractivity contribution in [2.75, 3.05) is 11.9 Å². The Kier molecular flexibility index (Phi) is 3.57. The highest BCUT2D eigenvalue weighted by Crippen LogP contribution is 2.10. The second kappa shape index (κ2) is 5.31. The number of nitrogens with one attached hydrogen (secondary N) is 1. The van der Waals surface area contributed by atoms with E-state index in [4.69, 9.17) is 5.11 Å². The normalized spacial score (nSPS) is 10.3. The molecule has 94 valence electrons. The number of hydrogen-bond donors (Lipinski definition) is 2. The first kappa shape index (κ1) is 12.1. The third kappa shape index (κ3) is 2.85. The van der Waals surface area contributed by atoms with Gasteiger partial charge in [-0.15, -0.1) is 0 Å². The van der Waals surface area contributed by atoms with Crippen LogP contribution in [0.2, 0.25) is 0 Å². The monoisotopic (exact) mass is 246 g/mol. The molecule has 6 nitrogen and oxygen atoms in total. The quantitative estimate of drug-likeness (QED) is 0.833. The molecule has 0 saturated heterocycles. The minimum Gasteiger partial charge on any atom is -0.476 e. The number of aromatic carboxylic acids is 1. The van der Waals surface area contributed by atoms with E-state index in [9.17, 15) is 4.79 Å². The number of rotatable bonds is 5. The number of imidazole rings is 1. The topological polar surface area (TPSA) is 80.0 Å². The van der Waals surface area contributed by atoms with Crippen molar-refractivity contribution in [3.05, 3.63) is 42.2 Å². The van der Waals surface area contributed by atoms with Crippen molar-refractivity contribution < 1.29 is 9.90 Å². The highest BCUT2D eigenvalue weighted by Gasteiger charge is 2.05. The van der Waals surface area contributed by atoms with Crippen LogP contribution in [0.4, 0.5) is 5.69 Å². The third-order valence-corrected chi connectivity index (χ3v) is 2.56. The zero-order chi connectivity index (χ0) is 13.0. The van der Waals surface area contributed by atoms with Gasteiger partial charge in [-0.3, -0.25) is 4.98 Å². The Morgan fingerprint density at radius 1 is 1.56 bits per heavy atom. The number of carboxylic acids is 1. The number of carbonyl (C=O) groups is 1. The van der Waals surface area contributed by atoms with Gasteiger partial charge in [-0.25, -0.2) is 9.78 Å². The SMILES string of the molecule is Cc1cnccc1NCCn1cnc(C(=O)O)c1. The molecule has 0 aromatic carbocycles. The summed E-state index contributed by atoms with van der Waals surface area (Å²) >= 11 is 0. The number of hydrogen-bond acceptors (Lipinski definition) is 4. The van der Waals surface area contributed by atoms with Crippen molar-refractivity contribution in [2.24, 2.45) is 0 Å². The predicted molar refractivity (Wildman–Crippen MR) is 66.7 cm³/mol. The number of carboxylic acid groups (broad SMARTS) is 1. The van der Waals surface area contributed by atoms with E-state index in [1.165, 1.54) is 12.5 Å². The Morgan fingerprint density at radius 2 is 2.39 bits per heavy atom. The second-order valence-electron chi connectivity index (χ2n) is 3.92. The molecule has 2 heterocycles. The second-order valence-corrected chi connectivity index (χ2v) is 3.92. The molecule has 0 aliphatic carbocycles. The molecular formula is C12H14N4O2. The van der Waals surface area contributed by atoms with E-state index in [0.29, 0.717) is 13.1 Å². The van der Waals surface area contributed by atoms with Crippen LogP contribution < -0.4 is 5.32 Å². The van der Waals surface area contributed by atoms with Gasteiger partial charge in [0.15, 0.2) is 5.69 Å². The maximum atomic E-state index is 10.7. The van der Waals surface area contributed by atoms with Crippen LogP contribution in [0.1, 0.15) is 16.1 Å². The zero-order valence-corrected chi connectivity index (χ0v) is 10.00. The van der Waals surface area contributed by atoms with Crippen molar-refractivity contribution in [1.29, 1.82) is 0 Å². The summed E-state index contributed by atoms with van der Waals surface area (Å²) in [4.78, 5) is 18.5. The van der Waals surface area contributed by atoms with Gasteiger partial charge in [-0.1, -0.05) is 0 Å². The first-order valence-electron chi connectivity index (χ1n) is 5.56. The molecule has 0 unspecified atom stereocenters. The summed E-state index contributed by atoms with van der Waals surface area (Å²) in [6, 6.07) is 1.91. The van der Waals surface area contributed by atoms with Gasteiger partial charge in [-0.2, -0.15) is 0 Å². The van der Waals surface area contributed by atoms with E-state index in [1.54, 1.807) is 17.0 Å². The zero-order valence-electron chi connectivity index (χ0n) is 10.00. The number of nitrogens with zero attached hydrogens (tertiary/aromatic N) is 3. The molecule has 18 heavy (non-hydrogen) atoms. The summed E-state index contributed by atoms with van der Waals surface area (Å²) in [7, 11) is 0. The molecule has 0 aliphatic heterocycles. The lowest BCUT2D eigenvalue weighted by Gasteiger charge is -2.08. The van der Waals surface area contributed by atoms with Gasteiger partial charge in [0.25, 0.3) is 0 Å². The van der Waals surface area contributed by atoms with Crippen LogP contribution in [0.25, 0.3) is 0 Å². The first-order valence-corrected chi connectivity index (χ1v) is 5.56. The summed E-state index contributed by atoms with van der Waals surface area (Å²) in [6.07, 6.45) is 6.56. The van der Waals surface area contributed by atoms with Crippen LogP contribution >= 0.6 is 0 Å². The molecule has 2 aromatic heterocycles. The van der Waals surface area contributed by atoms with E-state index >= 15 is 0 Å². The summed E-state index contributed by atoms with van der Waals surface area (Å²) in [5, 5.41) is 12.0. The van der Waals surface area contributed by atoms with Gasteiger partial charge in [0, 0.05) is 37.4 Å². The van der Waals surface area contributed by atoms with E-state index < -0.39 is 5.97 Å². The van der Waals surface area contributed by atoms with Crippen LogP contribution in [0.3, 0.4) is 0 Å². The predicted octanol–water partition coefficient (Wildman–Crippen LogP) is 1.40. The number of aryl methyl sites for hydroxylation is 1. The molecule has 2 rings (SSSR count). The average molecular weight is 246 g/mol. The Morgan fingerprint density at radius 3 is 3.06 bits per heavy atom. The lowest BCUT2D eigenvalue weighted by molar-refractivity contribution is 0.0691. The van der Waals surface area contributed by atoms with Crippen LogP contribution in [0.15, 0.2) is 31.0 Å². The number of anilines is 1. The van der Waals surface area contributed by atoms with Crippen LogP contribution in [-0.2, 0) is 6.54 Å². The molecule has 0 fully saturated rings. The Hall–Kier alpha value is -2.37. The first-order chi connectivity index (χ1) is 8.66. The minimum absolute atomic E-state index is 0.0649. The van der Waals surface area contributed by atoms with Crippen molar-refractivity contribution in [2.45, 2.75) is 13.5 Å². The Bertz CT molecular complexity index is 551. The Labute approximate surface area is 104 Å². The van der Waals surface area contributed by atoms with E-state index in [0.717, 1.165) is 11.3 Å². The van der Waals surface area contributed by atoms with Crippen molar-refractivity contribution in [1.82, 2.24) is 14.5 Å². The number of pyridine rings is 1. The summed E-state index contributed by atoms with van der Waals surface area (Å²) in [5.41, 5.74) is 2.17. The highest BCUT2D eigenvalue weighted by molar-refractivity contribution is 5.84. The van der Waals surface area contributed by atoms with Gasteiger partial charge in [-0.05, 0) is 18.6 Å². The van der Waals surface area contributed by atoms with E-state index in [1.807, 2.05) is 13.0 Å². The molecule has 0 amide bonds. The molecule has 0 spiro atoms. The highest BCUT2D eigenvalue weighted by atomic mass is 16.4. The van der Waals surface area contributed by atoms with Gasteiger partial charge in [0.2, 0.25) is 0 Å². The van der Waals surface area contributed by atoms with Crippen molar-refractivity contribution in [3.63, 3.8) is 0 Å². The standard InChI is InChI=1S/C12H14N4O2/c1-9-6-13-3-2-10(9)14-4-5-16-7-11(12(17)18)15-8-16/h2-3,6-8H,4-5H2,1H3,(H,13,14)(H,17,18). The molecular weight excluding hydrogens is 232 g/mol. The molecule has 0 atom stereocenters. The maximum absolute atomic E-state index is 10.7. The van der Waals surface area contributed by atoms with Gasteiger partial charge in [0.1, 0.15) is 0 Å². The van der Waals surface area contributed by atoms with Crippen LogP contribution in [0, 0.1) is 6.92 Å². The molecule has 2 N–H and O–H groups in total. The lowest BCUT2D eigenvalue weighted by atomic mass is 10.2. The Balaban J connectivity index is 1.88. The molecule has 2 aromatic rings. The van der Waals surface area contributed by atoms with E-state index in [2.05, 4.69) is 15.3 Å². The minimum atomic E-state index is -1.01. The summed E-state index contributed by atoms with van der Waals surface area (Å²) in [5.74, 6) is -1.01. The molecule has 0 radical (unpaired) electrons. The fourth-order valence-corrected chi connectivity index (χ4v) is 1.58. The maximum Gasteiger partial charge on any atom is 0.356 e. The van der Waals surface area contributed by atoms with Crippen LogP contribution in [-0.4, -0.2) is 32.2 Å². The smallest absolute Gasteiger partial charge is 0.356 e. The fraction of sp³-hybridized carbons (Fsp3) is 0.250. The van der Waals surface area contributed by atoms with Crippen molar-refractivity contribution >= 4 is 11.7 Å². The number of aromatic nitrogens is 3. The molecule has 6 heteroatoms. The fourth-order valence-electron chi connectivity index (χ4n) is 1.58. The average Bonchev–Trinajstić information content (AvgIpc) is 2.80.